The van der Waals surface area contributed by atoms with E-state index in [4.69, 9.17) is 22.9 Å². The molecule has 0 aliphatic carbocycles. The Morgan fingerprint density at radius 2 is 1.17 bits per heavy atom. The van der Waals surface area contributed by atoms with Crippen LogP contribution < -0.4 is 80.8 Å². The number of rotatable bonds is 30. The average molecular weight is 1210 g/mol. The van der Waals surface area contributed by atoms with Crippen LogP contribution in [0, 0.1) is 5.92 Å². The smallest absolute Gasteiger partial charge is 0.272 e. The van der Waals surface area contributed by atoms with E-state index in [1.54, 1.807) is 44.2 Å². The first-order valence-corrected chi connectivity index (χ1v) is 30.6. The van der Waals surface area contributed by atoms with Crippen LogP contribution in [0.1, 0.15) is 130 Å². The van der Waals surface area contributed by atoms with Gasteiger partial charge in [-0.05, 0) is 96.5 Å². The number of sulfonamides is 1. The topological polar surface area (TPSA) is 482 Å². The Morgan fingerprint density at radius 3 is 1.70 bits per heavy atom. The van der Waals surface area contributed by atoms with Gasteiger partial charge in [0.15, 0.2) is 0 Å². The first kappa shape index (κ1) is 73.7. The van der Waals surface area contributed by atoms with Crippen LogP contribution in [0.25, 0.3) is 0 Å². The molecule has 0 aromatic heterocycles. The second kappa shape index (κ2) is 38.5. The number of aliphatic hydroxyl groups is 2. The minimum atomic E-state index is -3.89. The van der Waals surface area contributed by atoms with E-state index in [9.17, 15) is 66.6 Å². The third kappa shape index (κ3) is 27.5. The van der Waals surface area contributed by atoms with Crippen LogP contribution in [0.15, 0.2) is 30.3 Å². The lowest BCUT2D eigenvalue weighted by Crippen LogP contribution is -2.63. The molecule has 0 radical (unpaired) electrons. The van der Waals surface area contributed by atoms with Crippen molar-refractivity contribution in [2.75, 3.05) is 45.0 Å². The van der Waals surface area contributed by atoms with Crippen LogP contribution >= 0.6 is 0 Å². The highest BCUT2D eigenvalue weighted by Crippen LogP contribution is 2.13. The monoisotopic (exact) mass is 1210 g/mol. The molecule has 1 aliphatic rings. The summed E-state index contributed by atoms with van der Waals surface area (Å²) in [6.45, 7) is 5.67. The van der Waals surface area contributed by atoms with Gasteiger partial charge in [-0.2, -0.15) is 0 Å². The molecule has 1 aliphatic heterocycles. The lowest BCUT2D eigenvalue weighted by atomic mass is 10.00. The van der Waals surface area contributed by atoms with Gasteiger partial charge < -0.3 is 86.3 Å². The molecule has 84 heavy (non-hydrogen) atoms. The zero-order valence-electron chi connectivity index (χ0n) is 49.2. The predicted molar refractivity (Wildman–Crippen MR) is 312 cm³/mol. The second-order valence-corrected chi connectivity index (χ2v) is 23.5. The molecule has 21 N–H and O–H groups in total. The fourth-order valence-electron chi connectivity index (χ4n) is 8.86. The third-order valence-electron chi connectivity index (χ3n) is 13.6. The predicted octanol–water partition coefficient (Wildman–Crippen LogP) is -4.67. The first-order valence-electron chi connectivity index (χ1n) is 29.0. The molecule has 29 nitrogen and oxygen atoms in total. The molecule has 1 aromatic carbocycles. The van der Waals surface area contributed by atoms with Gasteiger partial charge >= 0.3 is 0 Å². The van der Waals surface area contributed by atoms with Crippen LogP contribution in [-0.2, 0) is 64.4 Å². The van der Waals surface area contributed by atoms with Crippen LogP contribution in [0.4, 0.5) is 0 Å². The van der Waals surface area contributed by atoms with E-state index in [0.29, 0.717) is 18.4 Å². The van der Waals surface area contributed by atoms with Gasteiger partial charge in [-0.3, -0.25) is 47.9 Å². The zero-order valence-corrected chi connectivity index (χ0v) is 50.0. The number of unbranched alkanes of at least 4 members (excludes halogenated alkanes) is 7. The number of carbonyl (C=O) groups is 10. The van der Waals surface area contributed by atoms with E-state index in [-0.39, 0.29) is 76.4 Å². The van der Waals surface area contributed by atoms with Crippen molar-refractivity contribution in [3.05, 3.63) is 35.9 Å². The van der Waals surface area contributed by atoms with Gasteiger partial charge in [0.1, 0.15) is 48.3 Å². The van der Waals surface area contributed by atoms with Gasteiger partial charge in [-0.25, -0.2) is 13.1 Å². The Labute approximate surface area is 492 Å². The molecule has 2 rings (SSSR count). The fourth-order valence-corrected chi connectivity index (χ4v) is 9.94. The first-order chi connectivity index (χ1) is 39.7. The van der Waals surface area contributed by atoms with Crippen molar-refractivity contribution in [1.29, 1.82) is 0 Å². The molecule has 30 heteroatoms. The van der Waals surface area contributed by atoms with Gasteiger partial charge in [0, 0.05) is 13.0 Å². The summed E-state index contributed by atoms with van der Waals surface area (Å²) in [5.41, 5.74) is 21.3. The summed E-state index contributed by atoms with van der Waals surface area (Å²) in [7, 11) is -3.89. The van der Waals surface area contributed by atoms with Gasteiger partial charge in [-0.1, -0.05) is 96.0 Å². The van der Waals surface area contributed by atoms with Gasteiger partial charge in [0.05, 0.1) is 18.4 Å². The van der Waals surface area contributed by atoms with Crippen LogP contribution in [0.3, 0.4) is 0 Å². The highest BCUT2D eigenvalue weighted by molar-refractivity contribution is 7.89. The average Bonchev–Trinajstić information content (AvgIpc) is 3.65. The van der Waals surface area contributed by atoms with Crippen molar-refractivity contribution in [1.82, 2.24) is 57.9 Å². The standard InChI is InChI=1S/C54H95N15O14S/c1-6-7-8-9-10-11-12-16-29-84(82,83)60-32-43(71)68-44(34(4)70)52(79)65-38(21-26-57)46(73)64-40-23-28-59-53(80)54(5,81)69-51(78)39(22-27-58)63-45(72)36(19-24-55)62-49(76)41(30-33(2)3)66-50(77)42(31-35-17-14-13-15-18-35)67-47(74)37(20-25-56)61-48(40)75/h13-15,17-18,33-34,36-42,44,60,70,81H,6-12,16,19-32,55-58H2,1-5H3,(H,59,80)(H,61,75)(H,62,76)(H,63,72)(H,64,73)(H,65,79)(H,66,77)(H,67,74)(H,68,71)(H,69,78)/t34-,36+,37+,38+,39+,40+,41+,42-,44+,54+/m1/s1. The minimum absolute atomic E-state index is 0.0356. The Morgan fingerprint density at radius 1 is 0.667 bits per heavy atom. The lowest BCUT2D eigenvalue weighted by Gasteiger charge is -2.29. The molecule has 1 saturated heterocycles. The molecule has 0 saturated carbocycles. The molecular formula is C54H95N15O14S. The Bertz CT molecular complexity index is 2400. The van der Waals surface area contributed by atoms with Gasteiger partial charge in [0.2, 0.25) is 68.9 Å². The highest BCUT2D eigenvalue weighted by Gasteiger charge is 2.38. The second-order valence-electron chi connectivity index (χ2n) is 21.6. The highest BCUT2D eigenvalue weighted by atomic mass is 32.2. The zero-order chi connectivity index (χ0) is 63.0. The summed E-state index contributed by atoms with van der Waals surface area (Å²) < 4.78 is 27.5. The maximum Gasteiger partial charge on any atom is 0.272 e. The van der Waals surface area contributed by atoms with Gasteiger partial charge in [0.25, 0.3) is 5.91 Å². The maximum absolute atomic E-state index is 14.4. The fraction of sp³-hybridized carbons (Fsp3) is 0.704. The molecule has 0 unspecified atom stereocenters. The molecule has 10 atom stereocenters. The lowest BCUT2D eigenvalue weighted by molar-refractivity contribution is -0.148. The van der Waals surface area contributed by atoms with E-state index >= 15 is 0 Å². The van der Waals surface area contributed by atoms with E-state index in [1.165, 1.54) is 0 Å². The number of carbonyl (C=O) groups excluding carboxylic acids is 10. The van der Waals surface area contributed by atoms with Crippen molar-refractivity contribution in [2.24, 2.45) is 28.9 Å². The third-order valence-corrected chi connectivity index (χ3v) is 15.0. The number of benzene rings is 1. The molecule has 0 spiro atoms. The van der Waals surface area contributed by atoms with Crippen molar-refractivity contribution in [2.45, 2.75) is 191 Å². The van der Waals surface area contributed by atoms with E-state index in [1.807, 2.05) is 0 Å². The maximum atomic E-state index is 14.4. The summed E-state index contributed by atoms with van der Waals surface area (Å²) in [5, 5.41) is 46.5. The van der Waals surface area contributed by atoms with E-state index < -0.39 is 149 Å². The Balaban J connectivity index is 2.57. The molecule has 476 valence electrons. The normalized spacial score (nSPS) is 23.0. The Hall–Kier alpha value is -6.41. The molecule has 10 amide bonds. The number of amides is 10. The minimum Gasteiger partial charge on any atom is -0.391 e. The summed E-state index contributed by atoms with van der Waals surface area (Å²) in [6, 6.07) is -3.62. The number of nitrogens with one attached hydrogen (secondary N) is 11. The summed E-state index contributed by atoms with van der Waals surface area (Å²) in [6.07, 6.45) is 4.20. The van der Waals surface area contributed by atoms with Crippen LogP contribution in [0.5, 0.6) is 0 Å². The SMILES string of the molecule is CCCCCCCCCCS(=O)(=O)NCC(=O)N[C@H](C(=O)N[C@@H](CCN)C(=O)N[C@H]1CCNC(=O)[C@](C)(O)NC(=O)[C@H](CCN)NC(=O)[C@H](CCN)NC(=O)[C@H](CC(C)C)NC(=O)[C@@H](Cc2ccccc2)NC(=O)[C@H](CCN)NC1=O)[C@@H](C)O. The van der Waals surface area contributed by atoms with E-state index in [2.05, 4.69) is 64.8 Å². The van der Waals surface area contributed by atoms with Crippen LogP contribution in [-0.4, -0.2) is 183 Å². The van der Waals surface area contributed by atoms with Crippen molar-refractivity contribution < 1.29 is 66.6 Å². The quantitative estimate of drug-likeness (QED) is 0.0322. The molecular weight excluding hydrogens is 1110 g/mol. The van der Waals surface area contributed by atoms with Crippen molar-refractivity contribution in [3.63, 3.8) is 0 Å². The molecule has 1 fully saturated rings. The summed E-state index contributed by atoms with van der Waals surface area (Å²) in [5.74, 6) is -10.5. The van der Waals surface area contributed by atoms with E-state index in [0.717, 1.165) is 52.4 Å². The molecule has 1 aromatic rings. The summed E-state index contributed by atoms with van der Waals surface area (Å²) >= 11 is 0. The number of nitrogens with two attached hydrogens (primary N) is 4. The molecule has 0 bridgehead atoms. The number of hydrogen-bond acceptors (Lipinski definition) is 18. The number of aliphatic hydroxyl groups excluding tert-OH is 1. The van der Waals surface area contributed by atoms with Crippen molar-refractivity contribution >= 4 is 69.1 Å². The Kier molecular flexibility index (Phi) is 33.8. The largest absolute Gasteiger partial charge is 0.391 e. The molecule has 1 heterocycles. The summed E-state index contributed by atoms with van der Waals surface area (Å²) in [4.78, 5) is 139. The van der Waals surface area contributed by atoms with Crippen molar-refractivity contribution in [3.8, 4) is 0 Å². The van der Waals surface area contributed by atoms with Gasteiger partial charge in [-0.15, -0.1) is 0 Å². The number of hydrogen-bond donors (Lipinski definition) is 17. The van der Waals surface area contributed by atoms with Crippen LogP contribution in [0.2, 0.25) is 0 Å².